The Hall–Kier alpha value is -2.63. The summed E-state index contributed by atoms with van der Waals surface area (Å²) in [6.45, 7) is 2.65. The third kappa shape index (κ3) is 2.54. The number of rotatable bonds is 4. The van der Waals surface area contributed by atoms with Crippen molar-refractivity contribution in [1.82, 2.24) is 20.0 Å². The van der Waals surface area contributed by atoms with Crippen molar-refractivity contribution < 1.29 is 4.42 Å². The summed E-state index contributed by atoms with van der Waals surface area (Å²) in [5, 5.41) is 8.26. The van der Waals surface area contributed by atoms with Crippen molar-refractivity contribution in [2.24, 2.45) is 0 Å². The lowest BCUT2D eigenvalue weighted by atomic mass is 10.1. The van der Waals surface area contributed by atoms with Crippen molar-refractivity contribution in [2.75, 3.05) is 5.73 Å². The molecule has 0 fully saturated rings. The molecule has 0 amide bonds. The van der Waals surface area contributed by atoms with Crippen LogP contribution in [-0.2, 0) is 13.0 Å². The molecule has 2 heterocycles. The highest BCUT2D eigenvalue weighted by atomic mass is 16.3. The Balaban J connectivity index is 1.74. The summed E-state index contributed by atoms with van der Waals surface area (Å²) < 4.78 is 6.96. The lowest BCUT2D eigenvalue weighted by Gasteiger charge is -2.01. The molecule has 102 valence electrons. The molecule has 6 nitrogen and oxygen atoms in total. The Morgan fingerprint density at radius 2 is 2.25 bits per heavy atom. The van der Waals surface area contributed by atoms with Crippen molar-refractivity contribution >= 4 is 5.69 Å². The van der Waals surface area contributed by atoms with Gasteiger partial charge in [-0.2, -0.15) is 0 Å². The number of hydrogen-bond acceptors (Lipinski definition) is 5. The maximum absolute atomic E-state index is 5.91. The van der Waals surface area contributed by atoms with Crippen LogP contribution in [0.3, 0.4) is 0 Å². The Morgan fingerprint density at radius 3 is 3.00 bits per heavy atom. The number of benzene rings is 1. The van der Waals surface area contributed by atoms with Gasteiger partial charge in [-0.25, -0.2) is 4.98 Å². The lowest BCUT2D eigenvalue weighted by molar-refractivity contribution is 0.463. The topological polar surface area (TPSA) is 82.8 Å². The number of aryl methyl sites for hydroxylation is 3. The summed E-state index contributed by atoms with van der Waals surface area (Å²) in [5.41, 5.74) is 9.51. The van der Waals surface area contributed by atoms with Crippen molar-refractivity contribution in [3.05, 3.63) is 48.3 Å². The minimum Gasteiger partial charge on any atom is -0.449 e. The maximum atomic E-state index is 5.91. The van der Waals surface area contributed by atoms with Crippen LogP contribution >= 0.6 is 0 Å². The fourth-order valence-electron chi connectivity index (χ4n) is 1.93. The van der Waals surface area contributed by atoms with E-state index in [2.05, 4.69) is 15.3 Å². The van der Waals surface area contributed by atoms with Crippen molar-refractivity contribution in [1.29, 1.82) is 0 Å². The summed E-state index contributed by atoms with van der Waals surface area (Å²) >= 11 is 0. The highest BCUT2D eigenvalue weighted by Crippen LogP contribution is 2.21. The van der Waals surface area contributed by atoms with E-state index in [0.717, 1.165) is 22.5 Å². The predicted molar refractivity (Wildman–Crippen MR) is 74.8 cm³/mol. The van der Waals surface area contributed by atoms with E-state index in [0.29, 0.717) is 18.9 Å². The van der Waals surface area contributed by atoms with Crippen molar-refractivity contribution in [2.45, 2.75) is 19.9 Å². The molecule has 0 aliphatic heterocycles. The molecule has 3 aromatic rings. The highest BCUT2D eigenvalue weighted by molar-refractivity contribution is 5.65. The van der Waals surface area contributed by atoms with Crippen LogP contribution in [0.2, 0.25) is 0 Å². The molecule has 0 bridgehead atoms. The zero-order chi connectivity index (χ0) is 13.9. The van der Waals surface area contributed by atoms with Crippen LogP contribution in [0.1, 0.15) is 11.5 Å². The third-order valence-corrected chi connectivity index (χ3v) is 3.15. The fourth-order valence-corrected chi connectivity index (χ4v) is 1.93. The van der Waals surface area contributed by atoms with Crippen LogP contribution in [-0.4, -0.2) is 20.0 Å². The second-order valence-electron chi connectivity index (χ2n) is 4.61. The first kappa shape index (κ1) is 12.4. The van der Waals surface area contributed by atoms with Gasteiger partial charge in [0.05, 0.1) is 18.9 Å². The number of anilines is 1. The fraction of sp³-hybridized carbons (Fsp3) is 0.214. The van der Waals surface area contributed by atoms with E-state index >= 15 is 0 Å². The highest BCUT2D eigenvalue weighted by Gasteiger charge is 2.06. The van der Waals surface area contributed by atoms with Gasteiger partial charge in [0.2, 0.25) is 0 Å². The Kier molecular flexibility index (Phi) is 3.20. The van der Waals surface area contributed by atoms with Crippen LogP contribution in [0.15, 0.2) is 41.3 Å². The molecule has 0 atom stereocenters. The van der Waals surface area contributed by atoms with Gasteiger partial charge < -0.3 is 10.2 Å². The molecule has 0 unspecified atom stereocenters. The molecule has 2 N–H and O–H groups in total. The minimum atomic E-state index is 0.675. The molecular weight excluding hydrogens is 254 g/mol. The average molecular weight is 269 g/mol. The van der Waals surface area contributed by atoms with Gasteiger partial charge in [-0.1, -0.05) is 17.3 Å². The van der Waals surface area contributed by atoms with Crippen LogP contribution in [0, 0.1) is 6.92 Å². The molecule has 0 spiro atoms. The van der Waals surface area contributed by atoms with E-state index in [1.807, 2.05) is 31.3 Å². The number of nitrogens with two attached hydrogens (primary N) is 1. The third-order valence-electron chi connectivity index (χ3n) is 3.15. The molecule has 0 aliphatic carbocycles. The zero-order valence-corrected chi connectivity index (χ0v) is 11.2. The molecule has 0 aliphatic rings. The van der Waals surface area contributed by atoms with E-state index in [-0.39, 0.29) is 0 Å². The first-order valence-corrected chi connectivity index (χ1v) is 6.37. The van der Waals surface area contributed by atoms with Crippen LogP contribution in [0.4, 0.5) is 5.69 Å². The number of nitrogens with zero attached hydrogens (tertiary/aromatic N) is 4. The molecule has 0 saturated carbocycles. The molecule has 2 aromatic heterocycles. The average Bonchev–Trinajstić information content (AvgIpc) is 3.10. The van der Waals surface area contributed by atoms with Gasteiger partial charge >= 0.3 is 0 Å². The predicted octanol–water partition coefficient (Wildman–Crippen LogP) is 2.07. The normalized spacial score (nSPS) is 10.8. The van der Waals surface area contributed by atoms with Gasteiger partial charge in [0.25, 0.3) is 0 Å². The minimum absolute atomic E-state index is 0.675. The van der Waals surface area contributed by atoms with Gasteiger partial charge in [-0.3, -0.25) is 4.68 Å². The molecule has 3 rings (SSSR count). The molecule has 1 aromatic carbocycles. The largest absolute Gasteiger partial charge is 0.449 e. The van der Waals surface area contributed by atoms with E-state index < -0.39 is 0 Å². The number of hydrogen-bond donors (Lipinski definition) is 1. The molecular formula is C14H15N5O. The number of oxazole rings is 1. The van der Waals surface area contributed by atoms with Gasteiger partial charge in [0.1, 0.15) is 12.0 Å². The van der Waals surface area contributed by atoms with E-state index in [1.54, 1.807) is 17.1 Å². The van der Waals surface area contributed by atoms with Crippen molar-refractivity contribution in [3.8, 4) is 11.3 Å². The molecule has 0 saturated heterocycles. The van der Waals surface area contributed by atoms with Gasteiger partial charge in [0, 0.05) is 17.7 Å². The second kappa shape index (κ2) is 5.16. The van der Waals surface area contributed by atoms with Crippen LogP contribution < -0.4 is 5.73 Å². The summed E-state index contributed by atoms with van der Waals surface area (Å²) in [6.07, 6.45) is 5.78. The maximum Gasteiger partial charge on any atom is 0.195 e. The monoisotopic (exact) mass is 269 g/mol. The summed E-state index contributed by atoms with van der Waals surface area (Å²) in [4.78, 5) is 4.07. The standard InChI is InChI=1S/C14H15N5O/c1-10-2-3-11(8-12(10)15)13-9-19(18-17-13)6-4-14-16-5-7-20-14/h2-3,5,7-9H,4,6,15H2,1H3. The summed E-state index contributed by atoms with van der Waals surface area (Å²) in [6, 6.07) is 5.89. The quantitative estimate of drug-likeness (QED) is 0.733. The lowest BCUT2D eigenvalue weighted by Crippen LogP contribution is -2.02. The Labute approximate surface area is 116 Å². The van der Waals surface area contributed by atoms with Crippen molar-refractivity contribution in [3.63, 3.8) is 0 Å². The molecule has 0 radical (unpaired) electrons. The summed E-state index contributed by atoms with van der Waals surface area (Å²) in [7, 11) is 0. The SMILES string of the molecule is Cc1ccc(-c2cn(CCc3ncco3)nn2)cc1N. The van der Waals surface area contributed by atoms with Gasteiger partial charge in [-0.05, 0) is 18.6 Å². The second-order valence-corrected chi connectivity index (χ2v) is 4.61. The van der Waals surface area contributed by atoms with Crippen LogP contribution in [0.5, 0.6) is 0 Å². The van der Waals surface area contributed by atoms with E-state index in [9.17, 15) is 0 Å². The zero-order valence-electron chi connectivity index (χ0n) is 11.2. The summed E-state index contributed by atoms with van der Waals surface area (Å²) in [5.74, 6) is 0.696. The Morgan fingerprint density at radius 1 is 1.35 bits per heavy atom. The van der Waals surface area contributed by atoms with Gasteiger partial charge in [-0.15, -0.1) is 5.10 Å². The van der Waals surface area contributed by atoms with Gasteiger partial charge in [0.15, 0.2) is 5.89 Å². The molecule has 20 heavy (non-hydrogen) atoms. The number of aromatic nitrogens is 4. The Bertz CT molecular complexity index is 702. The van der Waals surface area contributed by atoms with Crippen LogP contribution in [0.25, 0.3) is 11.3 Å². The molecule has 6 heteroatoms. The van der Waals surface area contributed by atoms with E-state index in [1.165, 1.54) is 0 Å². The smallest absolute Gasteiger partial charge is 0.195 e. The first-order valence-electron chi connectivity index (χ1n) is 6.37. The first-order chi connectivity index (χ1) is 9.72. The number of nitrogen functional groups attached to an aromatic ring is 1. The van der Waals surface area contributed by atoms with E-state index in [4.69, 9.17) is 10.2 Å².